The lowest BCUT2D eigenvalue weighted by Gasteiger charge is -2.31. The van der Waals surface area contributed by atoms with Gasteiger partial charge in [-0.05, 0) is 76.5 Å². The maximum absolute atomic E-state index is 9.03. The summed E-state index contributed by atoms with van der Waals surface area (Å²) in [4.78, 5) is 2.35. The molecular formula is C20H29ClN4O. The standard InChI is InChI=1S/C20H29ClN4O/c1-15-20(14-22-13-17-7-9-24(10-8-17)11-12-26)16(2)25(23-15)19-5-3-18(21)4-6-19/h3-6,17,22,26H,7-14H2,1-2H3. The van der Waals surface area contributed by atoms with Gasteiger partial charge in [0.1, 0.15) is 0 Å². The van der Waals surface area contributed by atoms with Crippen LogP contribution < -0.4 is 5.32 Å². The first kappa shape index (κ1) is 19.4. The lowest BCUT2D eigenvalue weighted by atomic mass is 9.96. The van der Waals surface area contributed by atoms with E-state index in [1.165, 1.54) is 24.1 Å². The number of β-amino-alcohol motifs (C(OH)–C–C–N with tert-alkyl or cyclic N) is 1. The molecule has 0 radical (unpaired) electrons. The van der Waals surface area contributed by atoms with Crippen molar-refractivity contribution in [3.05, 3.63) is 46.2 Å². The minimum absolute atomic E-state index is 0.263. The van der Waals surface area contributed by atoms with Crippen molar-refractivity contribution in [3.8, 4) is 5.69 Å². The van der Waals surface area contributed by atoms with E-state index in [1.807, 2.05) is 28.9 Å². The number of hydrogen-bond acceptors (Lipinski definition) is 4. The second kappa shape index (κ2) is 9.00. The summed E-state index contributed by atoms with van der Waals surface area (Å²) in [6.45, 7) is 9.35. The molecule has 1 aromatic carbocycles. The molecule has 5 nitrogen and oxygen atoms in total. The third kappa shape index (κ3) is 4.65. The Balaban J connectivity index is 1.55. The third-order valence-electron chi connectivity index (χ3n) is 5.37. The monoisotopic (exact) mass is 376 g/mol. The topological polar surface area (TPSA) is 53.3 Å². The highest BCUT2D eigenvalue weighted by atomic mass is 35.5. The molecule has 6 heteroatoms. The number of benzene rings is 1. The molecular weight excluding hydrogens is 348 g/mol. The van der Waals surface area contributed by atoms with Crippen LogP contribution in [0.15, 0.2) is 24.3 Å². The second-order valence-electron chi connectivity index (χ2n) is 7.18. The van der Waals surface area contributed by atoms with Crippen molar-refractivity contribution in [1.29, 1.82) is 0 Å². The Morgan fingerprint density at radius 3 is 2.54 bits per heavy atom. The molecule has 0 bridgehead atoms. The van der Waals surface area contributed by atoms with Gasteiger partial charge in [-0.2, -0.15) is 5.10 Å². The van der Waals surface area contributed by atoms with Gasteiger partial charge in [0.25, 0.3) is 0 Å². The van der Waals surface area contributed by atoms with Crippen molar-refractivity contribution < 1.29 is 5.11 Å². The van der Waals surface area contributed by atoms with Crippen LogP contribution in [0.1, 0.15) is 29.8 Å². The van der Waals surface area contributed by atoms with Gasteiger partial charge in [-0.1, -0.05) is 11.6 Å². The summed E-state index contributed by atoms with van der Waals surface area (Å²) in [6, 6.07) is 7.79. The molecule has 1 aliphatic heterocycles. The molecule has 26 heavy (non-hydrogen) atoms. The molecule has 142 valence electrons. The Kier molecular flexibility index (Phi) is 6.70. The average molecular weight is 377 g/mol. The quantitative estimate of drug-likeness (QED) is 0.780. The lowest BCUT2D eigenvalue weighted by molar-refractivity contribution is 0.146. The number of aryl methyl sites for hydroxylation is 1. The van der Waals surface area contributed by atoms with Crippen LogP contribution in [0.5, 0.6) is 0 Å². The van der Waals surface area contributed by atoms with Crippen LogP contribution >= 0.6 is 11.6 Å². The molecule has 2 aromatic rings. The van der Waals surface area contributed by atoms with E-state index in [4.69, 9.17) is 21.8 Å². The molecule has 1 fully saturated rings. The Labute approximate surface area is 161 Å². The molecule has 3 rings (SSSR count). The van der Waals surface area contributed by atoms with Gasteiger partial charge >= 0.3 is 0 Å². The first-order valence-corrected chi connectivity index (χ1v) is 9.81. The van der Waals surface area contributed by atoms with Crippen molar-refractivity contribution in [1.82, 2.24) is 20.0 Å². The molecule has 2 heterocycles. The van der Waals surface area contributed by atoms with E-state index in [9.17, 15) is 0 Å². The van der Waals surface area contributed by atoms with Crippen LogP contribution in [0.25, 0.3) is 5.69 Å². The highest BCUT2D eigenvalue weighted by molar-refractivity contribution is 6.30. The first-order chi connectivity index (χ1) is 12.6. The zero-order valence-electron chi connectivity index (χ0n) is 15.7. The SMILES string of the molecule is Cc1nn(-c2ccc(Cl)cc2)c(C)c1CNCC1CCN(CCO)CC1. The summed E-state index contributed by atoms with van der Waals surface area (Å²) < 4.78 is 2.00. The minimum Gasteiger partial charge on any atom is -0.395 e. The van der Waals surface area contributed by atoms with Crippen LogP contribution in [-0.4, -0.2) is 52.6 Å². The van der Waals surface area contributed by atoms with E-state index >= 15 is 0 Å². The van der Waals surface area contributed by atoms with Crippen LogP contribution in [0.2, 0.25) is 5.02 Å². The number of piperidine rings is 1. The predicted molar refractivity (Wildman–Crippen MR) is 106 cm³/mol. The van der Waals surface area contributed by atoms with Crippen LogP contribution in [0.3, 0.4) is 0 Å². The van der Waals surface area contributed by atoms with E-state index in [0.29, 0.717) is 0 Å². The maximum Gasteiger partial charge on any atom is 0.0649 e. The van der Waals surface area contributed by atoms with Gasteiger partial charge in [0.2, 0.25) is 0 Å². The number of likely N-dealkylation sites (tertiary alicyclic amines) is 1. The normalized spacial score (nSPS) is 16.3. The average Bonchev–Trinajstić information content (AvgIpc) is 2.92. The fraction of sp³-hybridized carbons (Fsp3) is 0.550. The predicted octanol–water partition coefficient (Wildman–Crippen LogP) is 2.94. The molecule has 0 spiro atoms. The zero-order chi connectivity index (χ0) is 18.5. The summed E-state index contributed by atoms with van der Waals surface area (Å²) in [7, 11) is 0. The van der Waals surface area contributed by atoms with E-state index in [1.54, 1.807) is 0 Å². The van der Waals surface area contributed by atoms with E-state index < -0.39 is 0 Å². The highest BCUT2D eigenvalue weighted by Crippen LogP contribution is 2.20. The molecule has 1 saturated heterocycles. The van der Waals surface area contributed by atoms with Crippen molar-refractivity contribution in [2.24, 2.45) is 5.92 Å². The number of rotatable bonds is 7. The minimum atomic E-state index is 0.263. The van der Waals surface area contributed by atoms with Crippen molar-refractivity contribution in [2.45, 2.75) is 33.2 Å². The van der Waals surface area contributed by atoms with Crippen LogP contribution in [0.4, 0.5) is 0 Å². The molecule has 0 unspecified atom stereocenters. The van der Waals surface area contributed by atoms with E-state index in [0.717, 1.165) is 55.0 Å². The maximum atomic E-state index is 9.03. The lowest BCUT2D eigenvalue weighted by Crippen LogP contribution is -2.38. The Morgan fingerprint density at radius 2 is 1.88 bits per heavy atom. The molecule has 0 amide bonds. The zero-order valence-corrected chi connectivity index (χ0v) is 16.5. The van der Waals surface area contributed by atoms with Crippen molar-refractivity contribution >= 4 is 11.6 Å². The Hall–Kier alpha value is -1.40. The van der Waals surface area contributed by atoms with Gasteiger partial charge in [-0.25, -0.2) is 4.68 Å². The summed E-state index contributed by atoms with van der Waals surface area (Å²) in [5, 5.41) is 18.1. The fourth-order valence-electron chi connectivity index (χ4n) is 3.72. The fourth-order valence-corrected chi connectivity index (χ4v) is 3.85. The molecule has 1 aromatic heterocycles. The summed E-state index contributed by atoms with van der Waals surface area (Å²) in [6.07, 6.45) is 2.41. The molecule has 0 atom stereocenters. The number of aromatic nitrogens is 2. The molecule has 0 saturated carbocycles. The van der Waals surface area contributed by atoms with Gasteiger partial charge in [-0.15, -0.1) is 0 Å². The Bertz CT molecular complexity index is 705. The number of nitrogens with one attached hydrogen (secondary N) is 1. The summed E-state index contributed by atoms with van der Waals surface area (Å²) in [5.74, 6) is 0.719. The van der Waals surface area contributed by atoms with Gasteiger partial charge < -0.3 is 15.3 Å². The number of halogens is 1. The molecule has 0 aliphatic carbocycles. The highest BCUT2D eigenvalue weighted by Gasteiger charge is 2.19. The van der Waals surface area contributed by atoms with Gasteiger partial charge in [0.15, 0.2) is 0 Å². The van der Waals surface area contributed by atoms with E-state index in [2.05, 4.69) is 24.1 Å². The number of nitrogens with zero attached hydrogens (tertiary/aromatic N) is 3. The number of hydrogen-bond donors (Lipinski definition) is 2. The molecule has 2 N–H and O–H groups in total. The van der Waals surface area contributed by atoms with Gasteiger partial charge in [0, 0.05) is 29.4 Å². The third-order valence-corrected chi connectivity index (χ3v) is 5.62. The van der Waals surface area contributed by atoms with Gasteiger partial charge in [-0.3, -0.25) is 0 Å². The van der Waals surface area contributed by atoms with Crippen LogP contribution in [-0.2, 0) is 6.54 Å². The van der Waals surface area contributed by atoms with E-state index in [-0.39, 0.29) is 6.61 Å². The summed E-state index contributed by atoms with van der Waals surface area (Å²) >= 11 is 5.99. The number of aliphatic hydroxyl groups is 1. The van der Waals surface area contributed by atoms with Crippen LogP contribution in [0, 0.1) is 19.8 Å². The number of aliphatic hydroxyl groups excluding tert-OH is 1. The second-order valence-corrected chi connectivity index (χ2v) is 7.61. The van der Waals surface area contributed by atoms with Gasteiger partial charge in [0.05, 0.1) is 18.0 Å². The largest absolute Gasteiger partial charge is 0.395 e. The molecule has 1 aliphatic rings. The van der Waals surface area contributed by atoms with Crippen molar-refractivity contribution in [3.63, 3.8) is 0 Å². The van der Waals surface area contributed by atoms with Crippen molar-refractivity contribution in [2.75, 3.05) is 32.8 Å². The first-order valence-electron chi connectivity index (χ1n) is 9.43. The Morgan fingerprint density at radius 1 is 1.19 bits per heavy atom. The summed E-state index contributed by atoms with van der Waals surface area (Å²) in [5.41, 5.74) is 4.56. The smallest absolute Gasteiger partial charge is 0.0649 e.